The molecule has 21 heavy (non-hydrogen) atoms. The lowest BCUT2D eigenvalue weighted by Crippen LogP contribution is -2.60. The zero-order chi connectivity index (χ0) is 16.4. The molecule has 0 aromatic rings. The molecule has 0 aliphatic heterocycles. The first kappa shape index (κ1) is 17.8. The molecule has 1 saturated carbocycles. The van der Waals surface area contributed by atoms with Crippen molar-refractivity contribution in [3.8, 4) is 0 Å². The molecule has 0 spiro atoms. The van der Waals surface area contributed by atoms with Crippen molar-refractivity contribution in [2.45, 2.75) is 72.4 Å². The number of hydrogen-bond donors (Lipinski definition) is 2. The van der Waals surface area contributed by atoms with Crippen LogP contribution in [0.3, 0.4) is 0 Å². The number of hydrogen-bond acceptors (Lipinski definition) is 2. The summed E-state index contributed by atoms with van der Waals surface area (Å²) >= 11 is 0. The Labute approximate surface area is 128 Å². The predicted octanol–water partition coefficient (Wildman–Crippen LogP) is 3.10. The Morgan fingerprint density at radius 1 is 1.24 bits per heavy atom. The van der Waals surface area contributed by atoms with E-state index in [2.05, 4.69) is 19.2 Å². The van der Waals surface area contributed by atoms with Crippen molar-refractivity contribution in [1.29, 1.82) is 0 Å². The van der Waals surface area contributed by atoms with Crippen LogP contribution in [-0.4, -0.2) is 40.1 Å². The summed E-state index contributed by atoms with van der Waals surface area (Å²) in [6.07, 6.45) is 3.06. The maximum atomic E-state index is 12.5. The standard InChI is InChI=1S/C16H30N2O3/c1-11(2)9-10-18(12-7-8-12)14(21)17-16(5,6)15(3,4)13(19)20/h11-12H,7-10H2,1-6H3,(H,17,21)(H,19,20). The van der Waals surface area contributed by atoms with Gasteiger partial charge in [0, 0.05) is 12.6 Å². The number of carboxylic acids is 1. The normalized spacial score (nSPS) is 16.0. The molecular weight excluding hydrogens is 268 g/mol. The van der Waals surface area contributed by atoms with Gasteiger partial charge >= 0.3 is 12.0 Å². The molecule has 0 radical (unpaired) electrons. The van der Waals surface area contributed by atoms with Crippen molar-refractivity contribution in [2.24, 2.45) is 11.3 Å². The summed E-state index contributed by atoms with van der Waals surface area (Å²) in [5, 5.41) is 12.3. The number of nitrogens with zero attached hydrogens (tertiary/aromatic N) is 1. The van der Waals surface area contributed by atoms with Gasteiger partial charge in [-0.05, 0) is 52.9 Å². The fourth-order valence-electron chi connectivity index (χ4n) is 2.00. The fourth-order valence-corrected chi connectivity index (χ4v) is 2.00. The Morgan fingerprint density at radius 3 is 2.14 bits per heavy atom. The van der Waals surface area contributed by atoms with Gasteiger partial charge in [-0.2, -0.15) is 0 Å². The van der Waals surface area contributed by atoms with Crippen molar-refractivity contribution in [3.05, 3.63) is 0 Å². The summed E-state index contributed by atoms with van der Waals surface area (Å²) in [5.41, 5.74) is -1.85. The third-order valence-corrected chi connectivity index (χ3v) is 4.71. The summed E-state index contributed by atoms with van der Waals surface area (Å²) in [4.78, 5) is 25.8. The van der Waals surface area contributed by atoms with Crippen molar-refractivity contribution < 1.29 is 14.7 Å². The van der Waals surface area contributed by atoms with Crippen LogP contribution in [0.15, 0.2) is 0 Å². The average molecular weight is 298 g/mol. The number of rotatable bonds is 7. The summed E-state index contributed by atoms with van der Waals surface area (Å²) < 4.78 is 0. The molecule has 0 unspecified atom stereocenters. The van der Waals surface area contributed by atoms with E-state index in [4.69, 9.17) is 0 Å². The number of amides is 2. The molecule has 1 aliphatic rings. The van der Waals surface area contributed by atoms with Crippen molar-refractivity contribution in [3.63, 3.8) is 0 Å². The number of urea groups is 1. The van der Waals surface area contributed by atoms with E-state index in [1.54, 1.807) is 27.7 Å². The Bertz CT molecular complexity index is 398. The second kappa shape index (κ2) is 6.24. The van der Waals surface area contributed by atoms with E-state index in [1.807, 2.05) is 4.90 Å². The highest BCUT2D eigenvalue weighted by Crippen LogP contribution is 2.32. The Hall–Kier alpha value is -1.26. The predicted molar refractivity (Wildman–Crippen MR) is 83.2 cm³/mol. The summed E-state index contributed by atoms with van der Waals surface area (Å²) in [5.74, 6) is -0.365. The molecule has 0 aromatic heterocycles. The smallest absolute Gasteiger partial charge is 0.318 e. The molecule has 5 nitrogen and oxygen atoms in total. The largest absolute Gasteiger partial charge is 0.481 e. The Morgan fingerprint density at radius 2 is 1.76 bits per heavy atom. The maximum absolute atomic E-state index is 12.5. The summed E-state index contributed by atoms with van der Waals surface area (Å²) in [6, 6.07) is 0.185. The van der Waals surface area contributed by atoms with Crippen LogP contribution < -0.4 is 5.32 Å². The van der Waals surface area contributed by atoms with E-state index in [1.165, 1.54) is 0 Å². The van der Waals surface area contributed by atoms with Gasteiger partial charge in [0.25, 0.3) is 0 Å². The molecule has 0 saturated heterocycles. The third-order valence-electron chi connectivity index (χ3n) is 4.71. The Kier molecular flexibility index (Phi) is 5.29. The molecule has 2 amide bonds. The van der Waals surface area contributed by atoms with Crippen LogP contribution in [0.1, 0.15) is 60.8 Å². The van der Waals surface area contributed by atoms with E-state index >= 15 is 0 Å². The second-order valence-electron chi connectivity index (χ2n) is 7.59. The van der Waals surface area contributed by atoms with Crippen LogP contribution in [0.2, 0.25) is 0 Å². The van der Waals surface area contributed by atoms with Gasteiger partial charge in [-0.1, -0.05) is 13.8 Å². The second-order valence-corrected chi connectivity index (χ2v) is 7.59. The molecule has 1 rings (SSSR count). The fraction of sp³-hybridized carbons (Fsp3) is 0.875. The first-order valence-electron chi connectivity index (χ1n) is 7.81. The van der Waals surface area contributed by atoms with Gasteiger partial charge in [-0.3, -0.25) is 4.79 Å². The molecule has 0 atom stereocenters. The van der Waals surface area contributed by atoms with Crippen LogP contribution in [-0.2, 0) is 4.79 Å². The molecule has 122 valence electrons. The highest BCUT2D eigenvalue weighted by atomic mass is 16.4. The highest BCUT2D eigenvalue weighted by molar-refractivity contribution is 5.80. The lowest BCUT2D eigenvalue weighted by atomic mass is 9.74. The average Bonchev–Trinajstić information content (AvgIpc) is 3.11. The van der Waals surface area contributed by atoms with E-state index in [0.717, 1.165) is 25.8 Å². The summed E-state index contributed by atoms with van der Waals surface area (Å²) in [6.45, 7) is 11.8. The molecule has 2 N–H and O–H groups in total. The molecular formula is C16H30N2O3. The van der Waals surface area contributed by atoms with Crippen LogP contribution in [0.5, 0.6) is 0 Å². The van der Waals surface area contributed by atoms with Crippen LogP contribution in [0.4, 0.5) is 4.79 Å². The quantitative estimate of drug-likeness (QED) is 0.759. The van der Waals surface area contributed by atoms with Crippen molar-refractivity contribution >= 4 is 12.0 Å². The van der Waals surface area contributed by atoms with Crippen LogP contribution in [0.25, 0.3) is 0 Å². The van der Waals surface area contributed by atoms with Gasteiger partial charge in [0.1, 0.15) is 0 Å². The number of aliphatic carboxylic acids is 1. The zero-order valence-corrected chi connectivity index (χ0v) is 14.2. The van der Waals surface area contributed by atoms with Crippen LogP contribution in [0, 0.1) is 11.3 Å². The van der Waals surface area contributed by atoms with E-state index in [-0.39, 0.29) is 6.03 Å². The lowest BCUT2D eigenvalue weighted by Gasteiger charge is -2.40. The minimum atomic E-state index is -1.03. The van der Waals surface area contributed by atoms with Gasteiger partial charge in [0.2, 0.25) is 0 Å². The zero-order valence-electron chi connectivity index (χ0n) is 14.2. The first-order chi connectivity index (χ1) is 9.49. The minimum absolute atomic E-state index is 0.141. The van der Waals surface area contributed by atoms with E-state index in [9.17, 15) is 14.7 Å². The minimum Gasteiger partial charge on any atom is -0.481 e. The molecule has 5 heteroatoms. The highest BCUT2D eigenvalue weighted by Gasteiger charge is 2.45. The van der Waals surface area contributed by atoms with Crippen molar-refractivity contribution in [1.82, 2.24) is 10.2 Å². The number of carbonyl (C=O) groups is 2. The number of nitrogens with one attached hydrogen (secondary N) is 1. The number of carbonyl (C=O) groups excluding carboxylic acids is 1. The molecule has 0 heterocycles. The van der Waals surface area contributed by atoms with E-state index < -0.39 is 16.9 Å². The first-order valence-corrected chi connectivity index (χ1v) is 7.81. The monoisotopic (exact) mass is 298 g/mol. The van der Waals surface area contributed by atoms with Gasteiger partial charge < -0.3 is 15.3 Å². The van der Waals surface area contributed by atoms with Crippen molar-refractivity contribution in [2.75, 3.05) is 6.54 Å². The van der Waals surface area contributed by atoms with Crippen LogP contribution >= 0.6 is 0 Å². The molecule has 0 bridgehead atoms. The topological polar surface area (TPSA) is 69.6 Å². The SMILES string of the molecule is CC(C)CCN(C(=O)NC(C)(C)C(C)(C)C(=O)O)C1CC1. The van der Waals surface area contributed by atoms with Gasteiger partial charge in [-0.15, -0.1) is 0 Å². The third kappa shape index (κ3) is 4.35. The lowest BCUT2D eigenvalue weighted by molar-refractivity contribution is -0.150. The van der Waals surface area contributed by atoms with Gasteiger partial charge in [0.05, 0.1) is 11.0 Å². The Balaban J connectivity index is 2.74. The number of carboxylic acid groups (broad SMARTS) is 1. The molecule has 1 aliphatic carbocycles. The molecule has 0 aromatic carbocycles. The van der Waals surface area contributed by atoms with E-state index in [0.29, 0.717) is 12.0 Å². The van der Waals surface area contributed by atoms with Gasteiger partial charge in [0.15, 0.2) is 0 Å². The molecule has 1 fully saturated rings. The van der Waals surface area contributed by atoms with Gasteiger partial charge in [-0.25, -0.2) is 4.79 Å². The maximum Gasteiger partial charge on any atom is 0.318 e. The summed E-state index contributed by atoms with van der Waals surface area (Å²) in [7, 11) is 0.